The van der Waals surface area contributed by atoms with Crippen molar-refractivity contribution in [2.45, 2.75) is 26.1 Å². The molecule has 0 saturated carbocycles. The molecule has 2 aliphatic rings. The van der Waals surface area contributed by atoms with E-state index in [9.17, 15) is 9.59 Å². The molecule has 4 nitrogen and oxygen atoms in total. The van der Waals surface area contributed by atoms with Crippen molar-refractivity contribution in [3.63, 3.8) is 0 Å². The Kier molecular flexibility index (Phi) is 2.87. The molecular weight excluding hydrogens is 236 g/mol. The third-order valence-electron chi connectivity index (χ3n) is 3.02. The largest absolute Gasteiger partial charge is 0.421 e. The Labute approximate surface area is 102 Å². The fourth-order valence-corrected chi connectivity index (χ4v) is 2.69. The highest BCUT2D eigenvalue weighted by Gasteiger charge is 2.46. The quantitative estimate of drug-likeness (QED) is 0.377. The minimum absolute atomic E-state index is 0.209. The van der Waals surface area contributed by atoms with E-state index in [1.165, 1.54) is 0 Å². The average molecular weight is 250 g/mol. The predicted octanol–water partition coefficient (Wildman–Crippen LogP) is 0.131. The number of hydrogen-bond acceptors (Lipinski definition) is 4. The van der Waals surface area contributed by atoms with Gasteiger partial charge in [0.25, 0.3) is 5.79 Å². The minimum Gasteiger partial charge on any atom is -0.421 e. The van der Waals surface area contributed by atoms with Crippen molar-refractivity contribution < 1.29 is 19.1 Å². The molecule has 90 valence electrons. The zero-order valence-electron chi connectivity index (χ0n) is 9.86. The average Bonchev–Trinajstić information content (AvgIpc) is 2.19. The third kappa shape index (κ3) is 2.15. The van der Waals surface area contributed by atoms with Gasteiger partial charge in [0.2, 0.25) is 0 Å². The van der Waals surface area contributed by atoms with Gasteiger partial charge in [-0.25, -0.2) is 0 Å². The molecule has 2 rings (SSSR count). The van der Waals surface area contributed by atoms with Crippen molar-refractivity contribution in [3.8, 4) is 0 Å². The number of hydrogen-bond donors (Lipinski definition) is 0. The minimum atomic E-state index is -1.21. The topological polar surface area (TPSA) is 52.6 Å². The van der Waals surface area contributed by atoms with Crippen LogP contribution >= 0.6 is 0 Å². The Bertz CT molecular complexity index is 445. The zero-order valence-corrected chi connectivity index (χ0v) is 11.3. The van der Waals surface area contributed by atoms with Gasteiger partial charge >= 0.3 is 11.9 Å². The first-order valence-electron chi connectivity index (χ1n) is 5.40. The van der Waals surface area contributed by atoms with Crippen LogP contribution in [0.5, 0.6) is 0 Å². The number of cyclic esters (lactones) is 2. The maximum atomic E-state index is 11.4. The van der Waals surface area contributed by atoms with E-state index >= 15 is 0 Å². The smallest absolute Gasteiger partial charge is 0.320 e. The molecule has 0 spiro atoms. The van der Waals surface area contributed by atoms with Crippen LogP contribution in [0.3, 0.4) is 0 Å². The van der Waals surface area contributed by atoms with Gasteiger partial charge in [-0.3, -0.25) is 9.59 Å². The van der Waals surface area contributed by atoms with E-state index in [2.05, 4.69) is 0 Å². The Hall–Kier alpha value is -1.49. The van der Waals surface area contributed by atoms with Crippen molar-refractivity contribution in [1.29, 1.82) is 0 Å². The van der Waals surface area contributed by atoms with Crippen LogP contribution in [0.25, 0.3) is 0 Å². The maximum absolute atomic E-state index is 11.4. The maximum Gasteiger partial charge on any atom is 0.320 e. The van der Waals surface area contributed by atoms with Crippen LogP contribution in [0.15, 0.2) is 23.8 Å². The lowest BCUT2D eigenvalue weighted by Crippen LogP contribution is -2.50. The zero-order chi connectivity index (χ0) is 12.6. The summed E-state index contributed by atoms with van der Waals surface area (Å²) in [4.78, 5) is 22.7. The van der Waals surface area contributed by atoms with Crippen molar-refractivity contribution in [2.75, 3.05) is 0 Å². The molecule has 0 aromatic carbocycles. The van der Waals surface area contributed by atoms with Gasteiger partial charge < -0.3 is 9.47 Å². The second kappa shape index (κ2) is 4.07. The molecule has 1 fully saturated rings. The van der Waals surface area contributed by atoms with Gasteiger partial charge in [-0.05, 0) is 16.8 Å². The molecule has 1 saturated heterocycles. The Balaban J connectivity index is 2.30. The van der Waals surface area contributed by atoms with E-state index in [1.54, 1.807) is 16.8 Å². The summed E-state index contributed by atoms with van der Waals surface area (Å²) in [6.45, 7) is 3.61. The monoisotopic (exact) mass is 250 g/mol. The fourth-order valence-electron chi connectivity index (χ4n) is 2.06. The van der Waals surface area contributed by atoms with Gasteiger partial charge in [0.1, 0.15) is 6.42 Å². The van der Waals surface area contributed by atoms with E-state index < -0.39 is 17.7 Å². The molecule has 1 atom stereocenters. The number of carbonyl (C=O) groups excluding carboxylic acids is 2. The standard InChI is InChI=1S/C12H14O4Si/c1-7-4-3-5-8(11(7)17)12(2)15-9(13)6-10(14)16-12/h3-5,8H,6,17H2,1-2H3. The first-order chi connectivity index (χ1) is 7.92. The number of carbonyl (C=O) groups is 2. The molecule has 1 unspecified atom stereocenters. The summed E-state index contributed by atoms with van der Waals surface area (Å²) >= 11 is 0. The SMILES string of the molecule is CC1=CC=CC(C2(C)OC(=O)CC(=O)O2)C1=[SiH2]. The Morgan fingerprint density at radius 2 is 1.94 bits per heavy atom. The van der Waals surface area contributed by atoms with E-state index in [0.717, 1.165) is 10.7 Å². The molecule has 1 heterocycles. The van der Waals surface area contributed by atoms with Crippen molar-refractivity contribution in [2.24, 2.45) is 5.92 Å². The lowest BCUT2D eigenvalue weighted by molar-refractivity contribution is -0.243. The van der Waals surface area contributed by atoms with Crippen LogP contribution in [0.1, 0.15) is 20.3 Å². The van der Waals surface area contributed by atoms with Crippen LogP contribution in [-0.4, -0.2) is 32.7 Å². The molecule has 0 aromatic heterocycles. The lowest BCUT2D eigenvalue weighted by Gasteiger charge is -2.39. The molecule has 0 radical (unpaired) electrons. The highest BCUT2D eigenvalue weighted by molar-refractivity contribution is 6.45. The van der Waals surface area contributed by atoms with Gasteiger partial charge in [-0.15, -0.1) is 0 Å². The molecular formula is C12H14O4Si. The molecule has 1 aliphatic carbocycles. The molecule has 17 heavy (non-hydrogen) atoms. The Morgan fingerprint density at radius 1 is 1.35 bits per heavy atom. The van der Waals surface area contributed by atoms with Crippen LogP contribution < -0.4 is 0 Å². The summed E-state index contributed by atoms with van der Waals surface area (Å²) < 4.78 is 10.5. The first-order valence-corrected chi connectivity index (χ1v) is 6.11. The summed E-state index contributed by atoms with van der Waals surface area (Å²) in [5, 5.41) is 1.07. The number of ether oxygens (including phenoxy) is 2. The van der Waals surface area contributed by atoms with Gasteiger partial charge in [-0.1, -0.05) is 29.0 Å². The van der Waals surface area contributed by atoms with Crippen LogP contribution in [0.2, 0.25) is 0 Å². The molecule has 1 aliphatic heterocycles. The molecule has 0 amide bonds. The van der Waals surface area contributed by atoms with E-state index in [-0.39, 0.29) is 12.3 Å². The number of allylic oxidation sites excluding steroid dienone is 3. The summed E-state index contributed by atoms with van der Waals surface area (Å²) in [5.74, 6) is -2.48. The van der Waals surface area contributed by atoms with Crippen molar-refractivity contribution in [1.82, 2.24) is 0 Å². The summed E-state index contributed by atoms with van der Waals surface area (Å²) in [5.41, 5.74) is 1.11. The van der Waals surface area contributed by atoms with Gasteiger partial charge in [-0.2, -0.15) is 0 Å². The molecule has 0 bridgehead atoms. The first kappa shape index (κ1) is 12.0. The summed E-state index contributed by atoms with van der Waals surface area (Å²) in [6, 6.07) is 0. The second-order valence-electron chi connectivity index (χ2n) is 4.38. The summed E-state index contributed by atoms with van der Waals surface area (Å²) in [6.07, 6.45) is 5.46. The molecule has 0 N–H and O–H groups in total. The molecule has 5 heteroatoms. The summed E-state index contributed by atoms with van der Waals surface area (Å²) in [7, 11) is 1.72. The highest BCUT2D eigenvalue weighted by atomic mass is 28.1. The number of rotatable bonds is 1. The predicted molar refractivity (Wildman–Crippen MR) is 65.1 cm³/mol. The van der Waals surface area contributed by atoms with E-state index in [4.69, 9.17) is 9.47 Å². The second-order valence-corrected chi connectivity index (χ2v) is 5.14. The fraction of sp³-hybridized carbons (Fsp3) is 0.417. The van der Waals surface area contributed by atoms with Crippen molar-refractivity contribution >= 4 is 27.0 Å². The Morgan fingerprint density at radius 3 is 2.53 bits per heavy atom. The number of esters is 2. The normalized spacial score (nSPS) is 27.3. The third-order valence-corrected chi connectivity index (χ3v) is 4.02. The van der Waals surface area contributed by atoms with Crippen molar-refractivity contribution in [3.05, 3.63) is 23.8 Å². The van der Waals surface area contributed by atoms with E-state index in [0.29, 0.717) is 0 Å². The van der Waals surface area contributed by atoms with E-state index in [1.807, 2.05) is 25.2 Å². The van der Waals surface area contributed by atoms with Crippen LogP contribution in [0.4, 0.5) is 0 Å². The van der Waals surface area contributed by atoms with Gasteiger partial charge in [0, 0.05) is 6.92 Å². The van der Waals surface area contributed by atoms with Crippen LogP contribution in [0, 0.1) is 5.92 Å². The lowest BCUT2D eigenvalue weighted by atomic mass is 9.88. The van der Waals surface area contributed by atoms with Crippen LogP contribution in [-0.2, 0) is 19.1 Å². The molecule has 0 aromatic rings. The van der Waals surface area contributed by atoms with Gasteiger partial charge in [0.15, 0.2) is 0 Å². The highest BCUT2D eigenvalue weighted by Crippen LogP contribution is 2.33. The van der Waals surface area contributed by atoms with Gasteiger partial charge in [0.05, 0.1) is 5.92 Å².